The van der Waals surface area contributed by atoms with Gasteiger partial charge in [0.25, 0.3) is 11.5 Å². The van der Waals surface area contributed by atoms with E-state index in [9.17, 15) is 36.2 Å². The third kappa shape index (κ3) is 5.55. The summed E-state index contributed by atoms with van der Waals surface area (Å²) in [6.45, 7) is 4.92. The first-order valence-corrected chi connectivity index (χ1v) is 15.5. The summed E-state index contributed by atoms with van der Waals surface area (Å²) >= 11 is 0. The molecule has 0 bridgehead atoms. The molecule has 3 aliphatic heterocycles. The molecule has 1 fully saturated rings. The number of unbranched alkanes of at least 4 members (excludes halogenated alkanes) is 1. The molecule has 1 saturated heterocycles. The molecule has 0 aliphatic carbocycles. The number of nitrogens with one attached hydrogen (secondary N) is 1. The Bertz CT molecular complexity index is 1430. The summed E-state index contributed by atoms with van der Waals surface area (Å²) in [5, 5.41) is 13.8. The Morgan fingerprint density at radius 1 is 1.00 bits per heavy atom. The standard InChI is InChI=1S/C32H38F6N2O6/c1-4-9-19-15-23-22(17-46-30(23,31(33,34)35)32(36,37)38)21(10-5-2)26(19)43-14-8-7-13-40-27(41)29(6-3,39-28(40)42)20-11-12-24-25(16-20)45-18-44-24/h11-12,15-16,28,39,42H,4-10,13-14,17-18H2,1-3H3. The Morgan fingerprint density at radius 3 is 2.35 bits per heavy atom. The first kappa shape index (κ1) is 34.1. The van der Waals surface area contributed by atoms with E-state index in [-0.39, 0.29) is 55.6 Å². The van der Waals surface area contributed by atoms with Gasteiger partial charge in [0.1, 0.15) is 11.3 Å². The van der Waals surface area contributed by atoms with Crippen LogP contribution in [-0.4, -0.2) is 54.6 Å². The molecule has 8 nitrogen and oxygen atoms in total. The second-order valence-electron chi connectivity index (χ2n) is 11.7. The van der Waals surface area contributed by atoms with E-state index in [1.807, 2.05) is 6.92 Å². The predicted molar refractivity (Wildman–Crippen MR) is 153 cm³/mol. The van der Waals surface area contributed by atoms with Gasteiger partial charge in [0.05, 0.1) is 13.2 Å². The van der Waals surface area contributed by atoms with E-state index >= 15 is 0 Å². The van der Waals surface area contributed by atoms with Gasteiger partial charge >= 0.3 is 12.4 Å². The molecule has 0 aromatic heterocycles. The Hall–Kier alpha value is -3.23. The Kier molecular flexibility index (Phi) is 9.46. The van der Waals surface area contributed by atoms with Crippen molar-refractivity contribution in [1.82, 2.24) is 10.2 Å². The molecule has 2 atom stereocenters. The van der Waals surface area contributed by atoms with Crippen LogP contribution in [0.5, 0.6) is 17.2 Å². The molecule has 254 valence electrons. The van der Waals surface area contributed by atoms with Gasteiger partial charge < -0.3 is 29.0 Å². The second kappa shape index (κ2) is 12.8. The largest absolute Gasteiger partial charge is 0.493 e. The molecule has 2 aromatic rings. The highest BCUT2D eigenvalue weighted by molar-refractivity contribution is 5.90. The molecule has 5 rings (SSSR count). The third-order valence-corrected chi connectivity index (χ3v) is 8.94. The number of nitrogens with zero attached hydrogens (tertiary/aromatic N) is 1. The van der Waals surface area contributed by atoms with Crippen molar-refractivity contribution in [3.05, 3.63) is 52.1 Å². The third-order valence-electron chi connectivity index (χ3n) is 8.94. The molecule has 14 heteroatoms. The average Bonchev–Trinajstić information content (AvgIpc) is 3.69. The topological polar surface area (TPSA) is 89.5 Å². The lowest BCUT2D eigenvalue weighted by molar-refractivity contribution is -0.385. The zero-order valence-electron chi connectivity index (χ0n) is 25.9. The number of hydrogen-bond acceptors (Lipinski definition) is 7. The number of rotatable bonds is 12. The van der Waals surface area contributed by atoms with Gasteiger partial charge in [0.15, 0.2) is 17.9 Å². The number of carbonyl (C=O) groups excluding carboxylic acids is 1. The maximum atomic E-state index is 14.1. The number of aryl methyl sites for hydroxylation is 1. The maximum Gasteiger partial charge on any atom is 0.430 e. The van der Waals surface area contributed by atoms with Crippen molar-refractivity contribution in [2.24, 2.45) is 0 Å². The minimum atomic E-state index is -5.71. The van der Waals surface area contributed by atoms with E-state index in [1.165, 1.54) is 4.90 Å². The van der Waals surface area contributed by atoms with Crippen molar-refractivity contribution in [2.45, 2.75) is 102 Å². The minimum absolute atomic E-state index is 0.0805. The number of hydrogen-bond donors (Lipinski definition) is 2. The number of benzene rings is 2. The van der Waals surface area contributed by atoms with Crippen LogP contribution in [-0.2, 0) is 40.1 Å². The smallest absolute Gasteiger partial charge is 0.430 e. The number of fused-ring (bicyclic) bond motifs is 2. The van der Waals surface area contributed by atoms with E-state index in [4.69, 9.17) is 14.2 Å². The van der Waals surface area contributed by atoms with Crippen LogP contribution in [0.25, 0.3) is 0 Å². The Balaban J connectivity index is 1.31. The monoisotopic (exact) mass is 660 g/mol. The van der Waals surface area contributed by atoms with Gasteiger partial charge in [-0.3, -0.25) is 10.1 Å². The maximum absolute atomic E-state index is 14.1. The highest BCUT2D eigenvalue weighted by Gasteiger charge is 2.76. The van der Waals surface area contributed by atoms with Crippen molar-refractivity contribution >= 4 is 5.91 Å². The zero-order valence-corrected chi connectivity index (χ0v) is 25.9. The summed E-state index contributed by atoms with van der Waals surface area (Å²) in [6.07, 6.45) is -10.1. The average molecular weight is 661 g/mol. The summed E-state index contributed by atoms with van der Waals surface area (Å²) in [6, 6.07) is 6.14. The van der Waals surface area contributed by atoms with Crippen molar-refractivity contribution < 1.29 is 55.2 Å². The van der Waals surface area contributed by atoms with E-state index in [0.29, 0.717) is 54.7 Å². The van der Waals surface area contributed by atoms with Gasteiger partial charge in [-0.15, -0.1) is 0 Å². The molecule has 1 amide bonds. The molecular formula is C32H38F6N2O6. The molecule has 3 heterocycles. The fraction of sp³-hybridized carbons (Fsp3) is 0.594. The lowest BCUT2D eigenvalue weighted by Gasteiger charge is -2.34. The quantitative estimate of drug-likeness (QED) is 0.203. The molecular weight excluding hydrogens is 622 g/mol. The fourth-order valence-electron chi connectivity index (χ4n) is 6.66. The number of carbonyl (C=O) groups is 1. The normalized spacial score (nSPS) is 22.1. The molecule has 46 heavy (non-hydrogen) atoms. The lowest BCUT2D eigenvalue weighted by atomic mass is 9.84. The zero-order chi connectivity index (χ0) is 33.5. The Morgan fingerprint density at radius 2 is 1.70 bits per heavy atom. The van der Waals surface area contributed by atoms with E-state index in [1.54, 1.807) is 32.0 Å². The van der Waals surface area contributed by atoms with Crippen molar-refractivity contribution in [3.8, 4) is 17.2 Å². The molecule has 2 unspecified atom stereocenters. The van der Waals surface area contributed by atoms with Gasteiger partial charge in [0.2, 0.25) is 6.79 Å². The number of ether oxygens (including phenoxy) is 4. The summed E-state index contributed by atoms with van der Waals surface area (Å²) in [5.74, 6) is 1.06. The van der Waals surface area contributed by atoms with E-state index in [2.05, 4.69) is 10.1 Å². The van der Waals surface area contributed by atoms with Crippen LogP contribution in [0.15, 0.2) is 24.3 Å². The summed E-state index contributed by atoms with van der Waals surface area (Å²) < 4.78 is 106. The van der Waals surface area contributed by atoms with Crippen molar-refractivity contribution in [2.75, 3.05) is 19.9 Å². The van der Waals surface area contributed by atoms with Crippen molar-refractivity contribution in [3.63, 3.8) is 0 Å². The number of aliphatic hydroxyl groups excluding tert-OH is 1. The highest BCUT2D eigenvalue weighted by Crippen LogP contribution is 2.58. The number of halogens is 6. The molecule has 3 aliphatic rings. The van der Waals surface area contributed by atoms with Crippen LogP contribution in [0.3, 0.4) is 0 Å². The number of amides is 1. The Labute approximate surface area is 262 Å². The van der Waals surface area contributed by atoms with Gasteiger partial charge in [0, 0.05) is 17.7 Å². The molecule has 0 spiro atoms. The highest BCUT2D eigenvalue weighted by atomic mass is 19.4. The van der Waals surface area contributed by atoms with Crippen LogP contribution in [0.4, 0.5) is 26.3 Å². The minimum Gasteiger partial charge on any atom is -0.493 e. The summed E-state index contributed by atoms with van der Waals surface area (Å²) in [7, 11) is 0. The SMILES string of the molecule is CCCc1cc2c(c(CCC)c1OCCCCN1C(=O)C(CC)(c3ccc4c(c3)OCO4)NC1O)COC2(C(F)(F)F)C(F)(F)F. The van der Waals surface area contributed by atoms with Gasteiger partial charge in [-0.05, 0) is 67.0 Å². The molecule has 0 saturated carbocycles. The number of aliphatic hydroxyl groups is 1. The second-order valence-corrected chi connectivity index (χ2v) is 11.7. The van der Waals surface area contributed by atoms with Crippen LogP contribution in [0, 0.1) is 0 Å². The van der Waals surface area contributed by atoms with Gasteiger partial charge in [-0.1, -0.05) is 39.7 Å². The number of alkyl halides is 6. The van der Waals surface area contributed by atoms with Crippen LogP contribution >= 0.6 is 0 Å². The predicted octanol–water partition coefficient (Wildman–Crippen LogP) is 6.34. The lowest BCUT2D eigenvalue weighted by Crippen LogP contribution is -2.53. The first-order chi connectivity index (χ1) is 21.8. The molecule has 0 radical (unpaired) electrons. The molecule has 2 aromatic carbocycles. The van der Waals surface area contributed by atoms with Crippen molar-refractivity contribution in [1.29, 1.82) is 0 Å². The van der Waals surface area contributed by atoms with Gasteiger partial charge in [-0.25, -0.2) is 0 Å². The molecule has 2 N–H and O–H groups in total. The first-order valence-electron chi connectivity index (χ1n) is 15.5. The van der Waals surface area contributed by atoms with Crippen LogP contribution < -0.4 is 19.5 Å². The van der Waals surface area contributed by atoms with Crippen LogP contribution in [0.2, 0.25) is 0 Å². The summed E-state index contributed by atoms with van der Waals surface area (Å²) in [5.41, 5.74) is -5.43. The van der Waals surface area contributed by atoms with Gasteiger partial charge in [-0.2, -0.15) is 26.3 Å². The summed E-state index contributed by atoms with van der Waals surface area (Å²) in [4.78, 5) is 15.0. The van der Waals surface area contributed by atoms with Crippen LogP contribution in [0.1, 0.15) is 80.7 Å². The van der Waals surface area contributed by atoms with E-state index in [0.717, 1.165) is 6.07 Å². The fourth-order valence-corrected chi connectivity index (χ4v) is 6.66. The van der Waals surface area contributed by atoms with E-state index < -0.39 is 42.0 Å².